The lowest BCUT2D eigenvalue weighted by atomic mass is 10.2. The maximum atomic E-state index is 11.4. The molecule has 0 fully saturated rings. The predicted octanol–water partition coefficient (Wildman–Crippen LogP) is 4.23. The lowest BCUT2D eigenvalue weighted by Crippen LogP contribution is -2.09. The fourth-order valence-electron chi connectivity index (χ4n) is 2.81. The fourth-order valence-corrected chi connectivity index (χ4v) is 3.48. The van der Waals surface area contributed by atoms with Crippen LogP contribution in [0.4, 0.5) is 10.8 Å². The number of anilines is 2. The summed E-state index contributed by atoms with van der Waals surface area (Å²) in [6.45, 7) is 4.69. The van der Waals surface area contributed by atoms with Crippen LogP contribution in [0, 0.1) is 13.8 Å². The van der Waals surface area contributed by atoms with Crippen LogP contribution in [0.5, 0.6) is 0 Å². The highest BCUT2D eigenvalue weighted by Crippen LogP contribution is 2.30. The van der Waals surface area contributed by atoms with Crippen LogP contribution in [0.2, 0.25) is 0 Å². The quantitative estimate of drug-likeness (QED) is 0.481. The van der Waals surface area contributed by atoms with Crippen LogP contribution in [0.15, 0.2) is 41.8 Å². The van der Waals surface area contributed by atoms with E-state index in [4.69, 9.17) is 4.74 Å². The maximum Gasteiger partial charge on any atom is 0.307 e. The van der Waals surface area contributed by atoms with Gasteiger partial charge in [0, 0.05) is 28.9 Å². The van der Waals surface area contributed by atoms with Crippen molar-refractivity contribution >= 4 is 28.1 Å². The van der Waals surface area contributed by atoms with Crippen molar-refractivity contribution in [3.05, 3.63) is 53.2 Å². The van der Waals surface area contributed by atoms with E-state index < -0.39 is 0 Å². The third-order valence-corrected chi connectivity index (χ3v) is 4.97. The molecule has 6 nitrogen and oxygen atoms in total. The molecular weight excluding hydrogens is 348 g/mol. The smallest absolute Gasteiger partial charge is 0.307 e. The van der Waals surface area contributed by atoms with Gasteiger partial charge in [-0.15, -0.1) is 11.3 Å². The van der Waals surface area contributed by atoms with Gasteiger partial charge in [-0.05, 0) is 32.0 Å². The fraction of sp³-hybridized carbons (Fsp3) is 0.263. The molecule has 0 saturated heterocycles. The normalized spacial score (nSPS) is 10.6. The Bertz CT molecular complexity index is 886. The summed E-state index contributed by atoms with van der Waals surface area (Å²) in [6, 6.07) is 12.0. The Labute approximate surface area is 156 Å². The maximum absolute atomic E-state index is 11.4. The number of nitrogens with one attached hydrogen (secondary N) is 2. The van der Waals surface area contributed by atoms with Gasteiger partial charge in [0.25, 0.3) is 0 Å². The van der Waals surface area contributed by atoms with Crippen molar-refractivity contribution in [2.75, 3.05) is 18.0 Å². The Hall–Kier alpha value is -2.80. The van der Waals surface area contributed by atoms with E-state index in [1.54, 1.807) is 11.3 Å². The number of ether oxygens (including phenoxy) is 1. The van der Waals surface area contributed by atoms with Crippen molar-refractivity contribution < 1.29 is 9.53 Å². The lowest BCUT2D eigenvalue weighted by molar-refractivity contribution is -0.140. The largest absolute Gasteiger partial charge is 0.469 e. The first-order valence-electron chi connectivity index (χ1n) is 8.35. The first-order chi connectivity index (χ1) is 12.6. The Morgan fingerprint density at radius 3 is 2.73 bits per heavy atom. The van der Waals surface area contributed by atoms with Gasteiger partial charge in [-0.1, -0.05) is 18.2 Å². The number of aryl methyl sites for hydroxylation is 1. The zero-order chi connectivity index (χ0) is 18.5. The number of benzene rings is 1. The Kier molecular flexibility index (Phi) is 5.58. The molecule has 0 unspecified atom stereocenters. The highest BCUT2D eigenvalue weighted by atomic mass is 32.1. The van der Waals surface area contributed by atoms with Gasteiger partial charge in [-0.25, -0.2) is 4.98 Å². The van der Waals surface area contributed by atoms with Gasteiger partial charge in [-0.2, -0.15) is 0 Å². The Morgan fingerprint density at radius 2 is 2.00 bits per heavy atom. The highest BCUT2D eigenvalue weighted by molar-refractivity contribution is 7.14. The predicted molar refractivity (Wildman–Crippen MR) is 105 cm³/mol. The van der Waals surface area contributed by atoms with E-state index in [9.17, 15) is 4.79 Å². The van der Waals surface area contributed by atoms with Crippen LogP contribution < -0.4 is 10.9 Å². The molecule has 0 bridgehead atoms. The topological polar surface area (TPSA) is 68.2 Å². The molecule has 7 heteroatoms. The molecule has 0 saturated carbocycles. The number of esters is 1. The number of para-hydroxylation sites is 1. The van der Waals surface area contributed by atoms with Crippen LogP contribution >= 0.6 is 11.3 Å². The first-order valence-corrected chi connectivity index (χ1v) is 9.23. The number of thiazole rings is 1. The lowest BCUT2D eigenvalue weighted by Gasteiger charge is -2.08. The summed E-state index contributed by atoms with van der Waals surface area (Å²) >= 11 is 1.54. The van der Waals surface area contributed by atoms with Crippen LogP contribution in [0.25, 0.3) is 11.3 Å². The minimum atomic E-state index is -0.203. The van der Waals surface area contributed by atoms with Crippen molar-refractivity contribution in [3.63, 3.8) is 0 Å². The molecule has 3 rings (SSSR count). The molecule has 0 spiro atoms. The van der Waals surface area contributed by atoms with Crippen LogP contribution in [-0.2, 0) is 16.1 Å². The first kappa shape index (κ1) is 18.0. The van der Waals surface area contributed by atoms with Crippen LogP contribution in [0.3, 0.4) is 0 Å². The van der Waals surface area contributed by atoms with Crippen molar-refractivity contribution in [1.29, 1.82) is 0 Å². The average Bonchev–Trinajstić information content (AvgIpc) is 3.23. The summed E-state index contributed by atoms with van der Waals surface area (Å²) < 4.78 is 6.86. The molecule has 2 N–H and O–H groups in total. The Balaban J connectivity index is 1.71. The third kappa shape index (κ3) is 4.05. The average molecular weight is 370 g/mol. The number of carbonyl (C=O) groups is 1. The Morgan fingerprint density at radius 1 is 1.23 bits per heavy atom. The van der Waals surface area contributed by atoms with Gasteiger partial charge in [0.1, 0.15) is 0 Å². The number of hydrogen-bond donors (Lipinski definition) is 2. The monoisotopic (exact) mass is 370 g/mol. The SMILES string of the molecule is COC(=O)CCn1c(C)cc(-c2csc(NNc3ccccc3)n2)c1C. The second-order valence-electron chi connectivity index (χ2n) is 5.92. The minimum absolute atomic E-state index is 0.203. The number of hydrazine groups is 1. The number of nitrogens with zero attached hydrogens (tertiary/aromatic N) is 2. The zero-order valence-electron chi connectivity index (χ0n) is 15.1. The van der Waals surface area contributed by atoms with E-state index >= 15 is 0 Å². The summed E-state index contributed by atoms with van der Waals surface area (Å²) in [5.74, 6) is -0.203. The van der Waals surface area contributed by atoms with Gasteiger partial charge in [0.15, 0.2) is 0 Å². The molecule has 3 aromatic rings. The van der Waals surface area contributed by atoms with Gasteiger partial charge in [0.2, 0.25) is 5.13 Å². The second-order valence-corrected chi connectivity index (χ2v) is 6.77. The molecule has 136 valence electrons. The summed E-state index contributed by atoms with van der Waals surface area (Å²) in [6.07, 6.45) is 0.358. The molecule has 0 aliphatic rings. The van der Waals surface area contributed by atoms with E-state index in [1.165, 1.54) is 7.11 Å². The van der Waals surface area contributed by atoms with E-state index in [-0.39, 0.29) is 5.97 Å². The van der Waals surface area contributed by atoms with Crippen LogP contribution in [0.1, 0.15) is 17.8 Å². The number of rotatable bonds is 7. The summed E-state index contributed by atoms with van der Waals surface area (Å²) in [7, 11) is 1.41. The molecule has 2 aromatic heterocycles. The highest BCUT2D eigenvalue weighted by Gasteiger charge is 2.14. The number of hydrogen-bond acceptors (Lipinski definition) is 6. The summed E-state index contributed by atoms with van der Waals surface area (Å²) in [5, 5.41) is 2.82. The number of aromatic nitrogens is 2. The molecule has 2 heterocycles. The standard InChI is InChI=1S/C19H22N4O2S/c1-13-11-16(14(2)23(13)10-9-18(24)25-3)17-12-26-19(20-17)22-21-15-7-5-4-6-8-15/h4-8,11-12,21H,9-10H2,1-3H3,(H,20,22). The zero-order valence-corrected chi connectivity index (χ0v) is 15.9. The van der Waals surface area contributed by atoms with E-state index in [0.29, 0.717) is 13.0 Å². The third-order valence-electron chi connectivity index (χ3n) is 4.21. The second kappa shape index (κ2) is 8.05. The van der Waals surface area contributed by atoms with E-state index in [2.05, 4.69) is 26.5 Å². The molecule has 1 aromatic carbocycles. The molecule has 0 amide bonds. The van der Waals surface area contributed by atoms with E-state index in [0.717, 1.165) is 33.5 Å². The van der Waals surface area contributed by atoms with Gasteiger partial charge >= 0.3 is 5.97 Å². The van der Waals surface area contributed by atoms with Crippen molar-refractivity contribution in [2.45, 2.75) is 26.8 Å². The molecule has 0 radical (unpaired) electrons. The number of carbonyl (C=O) groups excluding carboxylic acids is 1. The molecular formula is C19H22N4O2S. The summed E-state index contributed by atoms with van der Waals surface area (Å²) in [5.41, 5.74) is 11.4. The van der Waals surface area contributed by atoms with Gasteiger partial charge in [-0.3, -0.25) is 15.6 Å². The number of methoxy groups -OCH3 is 1. The molecule has 0 aliphatic carbocycles. The van der Waals surface area contributed by atoms with Gasteiger partial charge in [0.05, 0.1) is 24.9 Å². The van der Waals surface area contributed by atoms with Crippen molar-refractivity contribution in [1.82, 2.24) is 9.55 Å². The van der Waals surface area contributed by atoms with Gasteiger partial charge < -0.3 is 9.30 Å². The van der Waals surface area contributed by atoms with E-state index in [1.807, 2.05) is 49.6 Å². The summed E-state index contributed by atoms with van der Waals surface area (Å²) in [4.78, 5) is 16.1. The van der Waals surface area contributed by atoms with Crippen molar-refractivity contribution in [2.24, 2.45) is 0 Å². The van der Waals surface area contributed by atoms with Crippen molar-refractivity contribution in [3.8, 4) is 11.3 Å². The minimum Gasteiger partial charge on any atom is -0.469 e. The van der Waals surface area contributed by atoms with Crippen LogP contribution in [-0.4, -0.2) is 22.6 Å². The molecule has 26 heavy (non-hydrogen) atoms. The molecule has 0 aliphatic heterocycles. The molecule has 0 atom stereocenters.